The molecule has 0 aromatic heterocycles. The van der Waals surface area contributed by atoms with Crippen molar-refractivity contribution in [3.8, 4) is 11.5 Å². The summed E-state index contributed by atoms with van der Waals surface area (Å²) in [5, 5.41) is 6.65. The van der Waals surface area contributed by atoms with E-state index in [4.69, 9.17) is 9.47 Å². The van der Waals surface area contributed by atoms with Gasteiger partial charge in [-0.2, -0.15) is 0 Å². The Balaban J connectivity index is 0.00000338. The number of guanidine groups is 1. The Morgan fingerprint density at radius 3 is 2.42 bits per heavy atom. The fourth-order valence-corrected chi connectivity index (χ4v) is 2.48. The van der Waals surface area contributed by atoms with Crippen LogP contribution in [-0.4, -0.2) is 33.3 Å². The molecule has 0 aliphatic heterocycles. The summed E-state index contributed by atoms with van der Waals surface area (Å²) in [5.74, 6) is 2.29. The highest BCUT2D eigenvalue weighted by molar-refractivity contribution is 14.0. The molecule has 2 aromatic rings. The zero-order valence-corrected chi connectivity index (χ0v) is 17.9. The van der Waals surface area contributed by atoms with Crippen molar-refractivity contribution in [2.24, 2.45) is 4.99 Å². The highest BCUT2D eigenvalue weighted by Crippen LogP contribution is 2.27. The lowest BCUT2D eigenvalue weighted by molar-refractivity contribution is 0.310. The van der Waals surface area contributed by atoms with Gasteiger partial charge >= 0.3 is 0 Å². The third kappa shape index (κ3) is 7.11. The molecule has 0 unspecified atom stereocenters. The first-order valence-corrected chi connectivity index (χ1v) is 8.55. The second-order valence-corrected chi connectivity index (χ2v) is 5.51. The summed E-state index contributed by atoms with van der Waals surface area (Å²) < 4.78 is 10.9. The number of nitrogens with zero attached hydrogens (tertiary/aromatic N) is 1. The number of hydrogen-bond donors (Lipinski definition) is 2. The van der Waals surface area contributed by atoms with Crippen LogP contribution in [0.15, 0.2) is 53.5 Å². The van der Waals surface area contributed by atoms with E-state index in [0.29, 0.717) is 13.2 Å². The Hall–Kier alpha value is -1.96. The number of halogens is 1. The van der Waals surface area contributed by atoms with Crippen LogP contribution in [0.3, 0.4) is 0 Å². The summed E-state index contributed by atoms with van der Waals surface area (Å²) in [7, 11) is 3.42. The predicted octanol–water partition coefficient (Wildman–Crippen LogP) is 3.62. The molecule has 2 aromatic carbocycles. The maximum absolute atomic E-state index is 5.62. The zero-order chi connectivity index (χ0) is 17.9. The Labute approximate surface area is 173 Å². The number of hydrogen-bond acceptors (Lipinski definition) is 3. The molecule has 0 amide bonds. The van der Waals surface area contributed by atoms with Crippen LogP contribution < -0.4 is 20.1 Å². The molecule has 0 saturated carbocycles. The van der Waals surface area contributed by atoms with Gasteiger partial charge in [0.1, 0.15) is 0 Å². The van der Waals surface area contributed by atoms with E-state index in [1.54, 1.807) is 14.2 Å². The summed E-state index contributed by atoms with van der Waals surface area (Å²) in [4.78, 5) is 4.27. The summed E-state index contributed by atoms with van der Waals surface area (Å²) in [6.45, 7) is 4.06. The molecule has 0 radical (unpaired) electrons. The first-order chi connectivity index (χ1) is 12.3. The molecule has 5 nitrogen and oxygen atoms in total. The normalized spacial score (nSPS) is 10.7. The van der Waals surface area contributed by atoms with Gasteiger partial charge in [-0.25, -0.2) is 0 Å². The Kier molecular flexibility index (Phi) is 10.5. The summed E-state index contributed by atoms with van der Waals surface area (Å²) in [6.07, 6.45) is 0.957. The molecule has 0 saturated heterocycles. The molecular weight excluding hydrogens is 441 g/mol. The van der Waals surface area contributed by atoms with Gasteiger partial charge in [0.25, 0.3) is 0 Å². The van der Waals surface area contributed by atoms with Crippen molar-refractivity contribution in [3.05, 3.63) is 59.7 Å². The van der Waals surface area contributed by atoms with Crippen molar-refractivity contribution in [2.45, 2.75) is 19.9 Å². The zero-order valence-electron chi connectivity index (χ0n) is 15.6. The van der Waals surface area contributed by atoms with E-state index in [2.05, 4.69) is 39.9 Å². The van der Waals surface area contributed by atoms with E-state index in [-0.39, 0.29) is 24.0 Å². The Morgan fingerprint density at radius 2 is 1.77 bits per heavy atom. The number of methoxy groups -OCH3 is 1. The van der Waals surface area contributed by atoms with Gasteiger partial charge in [-0.1, -0.05) is 36.4 Å². The third-order valence-corrected chi connectivity index (χ3v) is 3.76. The van der Waals surface area contributed by atoms with Gasteiger partial charge < -0.3 is 20.1 Å². The van der Waals surface area contributed by atoms with E-state index in [1.807, 2.05) is 31.2 Å². The SMILES string of the molecule is CCOc1cc(CNC(=NC)NCCc2ccccc2)ccc1OC.I. The molecule has 0 atom stereocenters. The minimum absolute atomic E-state index is 0. The van der Waals surface area contributed by atoms with Crippen molar-refractivity contribution in [2.75, 3.05) is 27.3 Å². The fraction of sp³-hybridized carbons (Fsp3) is 0.350. The molecule has 2 rings (SSSR count). The van der Waals surface area contributed by atoms with E-state index >= 15 is 0 Å². The predicted molar refractivity (Wildman–Crippen MR) is 118 cm³/mol. The topological polar surface area (TPSA) is 54.9 Å². The molecule has 142 valence electrons. The first kappa shape index (κ1) is 22.1. The van der Waals surface area contributed by atoms with E-state index in [1.165, 1.54) is 5.56 Å². The fourth-order valence-electron chi connectivity index (χ4n) is 2.48. The maximum Gasteiger partial charge on any atom is 0.191 e. The minimum Gasteiger partial charge on any atom is -0.493 e. The second kappa shape index (κ2) is 12.4. The quantitative estimate of drug-likeness (QED) is 0.353. The molecule has 0 fully saturated rings. The largest absolute Gasteiger partial charge is 0.493 e. The average Bonchev–Trinajstić information content (AvgIpc) is 2.66. The van der Waals surface area contributed by atoms with E-state index in [9.17, 15) is 0 Å². The molecule has 0 spiro atoms. The van der Waals surface area contributed by atoms with Gasteiger partial charge in [0.05, 0.1) is 13.7 Å². The molecule has 6 heteroatoms. The highest BCUT2D eigenvalue weighted by Gasteiger charge is 2.06. The monoisotopic (exact) mass is 469 g/mol. The van der Waals surface area contributed by atoms with Crippen molar-refractivity contribution in [3.63, 3.8) is 0 Å². The Morgan fingerprint density at radius 1 is 1.00 bits per heavy atom. The van der Waals surface area contributed by atoms with Gasteiger partial charge in [-0.05, 0) is 36.6 Å². The molecule has 26 heavy (non-hydrogen) atoms. The van der Waals surface area contributed by atoms with Gasteiger partial charge in [0.2, 0.25) is 0 Å². The van der Waals surface area contributed by atoms with Gasteiger partial charge in [0, 0.05) is 20.1 Å². The van der Waals surface area contributed by atoms with Crippen molar-refractivity contribution in [1.29, 1.82) is 0 Å². The van der Waals surface area contributed by atoms with Crippen molar-refractivity contribution in [1.82, 2.24) is 10.6 Å². The second-order valence-electron chi connectivity index (χ2n) is 5.51. The third-order valence-electron chi connectivity index (χ3n) is 3.76. The number of benzene rings is 2. The van der Waals surface area contributed by atoms with E-state index < -0.39 is 0 Å². The molecular formula is C20H28IN3O2. The van der Waals surface area contributed by atoms with Crippen LogP contribution in [0.2, 0.25) is 0 Å². The number of aliphatic imine (C=N–C) groups is 1. The number of rotatable bonds is 8. The summed E-state index contributed by atoms with van der Waals surface area (Å²) >= 11 is 0. The summed E-state index contributed by atoms with van der Waals surface area (Å²) in [5.41, 5.74) is 2.41. The van der Waals surface area contributed by atoms with Crippen LogP contribution in [0.4, 0.5) is 0 Å². The van der Waals surface area contributed by atoms with Crippen molar-refractivity contribution < 1.29 is 9.47 Å². The van der Waals surface area contributed by atoms with Gasteiger partial charge in [-0.15, -0.1) is 24.0 Å². The minimum atomic E-state index is 0. The van der Waals surface area contributed by atoms with Crippen LogP contribution in [0.25, 0.3) is 0 Å². The molecule has 0 aliphatic rings. The molecule has 2 N–H and O–H groups in total. The Bertz CT molecular complexity index is 678. The summed E-state index contributed by atoms with van der Waals surface area (Å²) in [6, 6.07) is 16.3. The van der Waals surface area contributed by atoms with Crippen LogP contribution in [0, 0.1) is 0 Å². The maximum atomic E-state index is 5.62. The van der Waals surface area contributed by atoms with E-state index in [0.717, 1.165) is 36.0 Å². The smallest absolute Gasteiger partial charge is 0.191 e. The molecule has 0 aliphatic carbocycles. The van der Waals surface area contributed by atoms with Gasteiger partial charge in [-0.3, -0.25) is 4.99 Å². The van der Waals surface area contributed by atoms with Crippen LogP contribution in [0.5, 0.6) is 11.5 Å². The lowest BCUT2D eigenvalue weighted by Gasteiger charge is -2.14. The average molecular weight is 469 g/mol. The standard InChI is InChI=1S/C20H27N3O2.HI/c1-4-25-19-14-17(10-11-18(19)24-3)15-23-20(21-2)22-13-12-16-8-6-5-7-9-16;/h5-11,14H,4,12-13,15H2,1-3H3,(H2,21,22,23);1H. The first-order valence-electron chi connectivity index (χ1n) is 8.55. The van der Waals surface area contributed by atoms with Crippen LogP contribution >= 0.6 is 24.0 Å². The van der Waals surface area contributed by atoms with Crippen molar-refractivity contribution >= 4 is 29.9 Å². The van der Waals surface area contributed by atoms with Crippen LogP contribution in [0.1, 0.15) is 18.1 Å². The van der Waals surface area contributed by atoms with Gasteiger partial charge in [0.15, 0.2) is 17.5 Å². The lowest BCUT2D eigenvalue weighted by atomic mass is 10.1. The lowest BCUT2D eigenvalue weighted by Crippen LogP contribution is -2.37. The number of ether oxygens (including phenoxy) is 2. The number of nitrogens with one attached hydrogen (secondary N) is 2. The highest BCUT2D eigenvalue weighted by atomic mass is 127. The van der Waals surface area contributed by atoms with Crippen LogP contribution in [-0.2, 0) is 13.0 Å². The molecule has 0 heterocycles. The molecule has 0 bridgehead atoms.